The average Bonchev–Trinajstić information content (AvgIpc) is 2.18. The van der Waals surface area contributed by atoms with Crippen LogP contribution in [-0.2, 0) is 0 Å². The van der Waals surface area contributed by atoms with E-state index in [2.05, 4.69) is 15.0 Å². The minimum absolute atomic E-state index is 0.511. The van der Waals surface area contributed by atoms with Crippen LogP contribution in [0.25, 0.3) is 16.5 Å². The van der Waals surface area contributed by atoms with Crippen molar-refractivity contribution in [2.24, 2.45) is 5.11 Å². The van der Waals surface area contributed by atoms with E-state index in [1.165, 1.54) is 0 Å². The Morgan fingerprint density at radius 3 is 3.21 bits per heavy atom. The minimum Gasteiger partial charge on any atom is -0.262 e. The van der Waals surface area contributed by atoms with Gasteiger partial charge in [-0.1, -0.05) is 17.3 Å². The van der Waals surface area contributed by atoms with Crippen LogP contribution in [0.5, 0.6) is 0 Å². The summed E-state index contributed by atoms with van der Waals surface area (Å²) < 4.78 is 0. The van der Waals surface area contributed by atoms with Crippen LogP contribution >= 0.6 is 0 Å². The molecule has 14 heavy (non-hydrogen) atoms. The molecule has 1 aromatic rings. The molecule has 0 saturated carbocycles. The number of aryl methyl sites for hydroxylation is 1. The lowest BCUT2D eigenvalue weighted by Gasteiger charge is -1.93. The molecule has 0 aliphatic heterocycles. The number of nitrogens with zero attached hydrogens (tertiary/aromatic N) is 4. The molecule has 72 valence electrons. The SMILES string of the molecule is Cc1cc(C=CCCN=[N+]=[N-])ccn1. The van der Waals surface area contributed by atoms with Gasteiger partial charge in [0.05, 0.1) is 0 Å². The second-order valence-corrected chi connectivity index (χ2v) is 2.88. The van der Waals surface area contributed by atoms with E-state index in [1.54, 1.807) is 6.20 Å². The van der Waals surface area contributed by atoms with Gasteiger partial charge < -0.3 is 0 Å². The zero-order valence-corrected chi connectivity index (χ0v) is 8.09. The second kappa shape index (κ2) is 5.78. The Morgan fingerprint density at radius 2 is 2.50 bits per heavy atom. The van der Waals surface area contributed by atoms with Crippen LogP contribution in [0.3, 0.4) is 0 Å². The van der Waals surface area contributed by atoms with Crippen molar-refractivity contribution >= 4 is 6.08 Å². The van der Waals surface area contributed by atoms with Gasteiger partial charge in [0.25, 0.3) is 0 Å². The molecule has 1 heterocycles. The lowest BCUT2D eigenvalue weighted by atomic mass is 10.2. The number of hydrogen-bond donors (Lipinski definition) is 0. The van der Waals surface area contributed by atoms with Crippen molar-refractivity contribution in [1.29, 1.82) is 0 Å². The third-order valence-electron chi connectivity index (χ3n) is 1.69. The molecule has 0 aliphatic carbocycles. The Bertz CT molecular complexity index is 364. The third kappa shape index (κ3) is 3.74. The van der Waals surface area contributed by atoms with Crippen LogP contribution in [0.4, 0.5) is 0 Å². The van der Waals surface area contributed by atoms with E-state index in [1.807, 2.05) is 31.2 Å². The van der Waals surface area contributed by atoms with Gasteiger partial charge in [0, 0.05) is 23.3 Å². The molecule has 0 bridgehead atoms. The molecular formula is C10H12N4. The van der Waals surface area contributed by atoms with Crippen molar-refractivity contribution < 1.29 is 0 Å². The molecule has 0 radical (unpaired) electrons. The monoisotopic (exact) mass is 188 g/mol. The molecule has 0 aliphatic rings. The molecule has 4 heteroatoms. The Labute approximate surface area is 82.9 Å². The molecule has 0 aromatic carbocycles. The first kappa shape index (κ1) is 10.3. The Balaban J connectivity index is 2.47. The summed E-state index contributed by atoms with van der Waals surface area (Å²) in [6.07, 6.45) is 6.54. The summed E-state index contributed by atoms with van der Waals surface area (Å²) in [6, 6.07) is 3.95. The van der Waals surface area contributed by atoms with Gasteiger partial charge in [0.1, 0.15) is 0 Å². The molecule has 1 aromatic heterocycles. The van der Waals surface area contributed by atoms with Gasteiger partial charge in [-0.3, -0.25) is 4.98 Å². The Kier molecular flexibility index (Phi) is 4.24. The normalized spacial score (nSPS) is 10.1. The summed E-state index contributed by atoms with van der Waals surface area (Å²) >= 11 is 0. The fraction of sp³-hybridized carbons (Fsp3) is 0.300. The minimum atomic E-state index is 0.511. The lowest BCUT2D eigenvalue weighted by Crippen LogP contribution is -1.80. The van der Waals surface area contributed by atoms with Gasteiger partial charge in [-0.2, -0.15) is 0 Å². The lowest BCUT2D eigenvalue weighted by molar-refractivity contribution is 0.995. The van der Waals surface area contributed by atoms with E-state index in [-0.39, 0.29) is 0 Å². The molecule has 0 amide bonds. The van der Waals surface area contributed by atoms with Crippen LogP contribution < -0.4 is 0 Å². The number of aromatic nitrogens is 1. The molecule has 0 fully saturated rings. The van der Waals surface area contributed by atoms with Crippen molar-refractivity contribution in [2.75, 3.05) is 6.54 Å². The van der Waals surface area contributed by atoms with Gasteiger partial charge in [-0.25, -0.2) is 0 Å². The van der Waals surface area contributed by atoms with Crippen molar-refractivity contribution in [3.8, 4) is 0 Å². The highest BCUT2D eigenvalue weighted by atomic mass is 15.1. The van der Waals surface area contributed by atoms with E-state index in [9.17, 15) is 0 Å². The van der Waals surface area contributed by atoms with Gasteiger partial charge in [0.2, 0.25) is 0 Å². The van der Waals surface area contributed by atoms with Crippen molar-refractivity contribution in [2.45, 2.75) is 13.3 Å². The van der Waals surface area contributed by atoms with E-state index in [0.717, 1.165) is 17.7 Å². The average molecular weight is 188 g/mol. The fourth-order valence-electron chi connectivity index (χ4n) is 1.07. The Morgan fingerprint density at radius 1 is 1.64 bits per heavy atom. The zero-order chi connectivity index (χ0) is 10.2. The van der Waals surface area contributed by atoms with Crippen molar-refractivity contribution in [3.63, 3.8) is 0 Å². The Hall–Kier alpha value is -1.80. The highest BCUT2D eigenvalue weighted by Gasteiger charge is 1.87. The van der Waals surface area contributed by atoms with Gasteiger partial charge in [0.15, 0.2) is 0 Å². The first-order valence-electron chi connectivity index (χ1n) is 4.43. The van der Waals surface area contributed by atoms with E-state index in [0.29, 0.717) is 6.54 Å². The van der Waals surface area contributed by atoms with Gasteiger partial charge >= 0.3 is 0 Å². The summed E-state index contributed by atoms with van der Waals surface area (Å²) in [5.74, 6) is 0. The largest absolute Gasteiger partial charge is 0.262 e. The summed E-state index contributed by atoms with van der Waals surface area (Å²) in [4.78, 5) is 6.77. The van der Waals surface area contributed by atoms with Crippen LogP contribution in [-0.4, -0.2) is 11.5 Å². The number of pyridine rings is 1. The van der Waals surface area contributed by atoms with E-state index in [4.69, 9.17) is 5.53 Å². The fourth-order valence-corrected chi connectivity index (χ4v) is 1.07. The van der Waals surface area contributed by atoms with Crippen LogP contribution in [0.15, 0.2) is 29.5 Å². The highest BCUT2D eigenvalue weighted by Crippen LogP contribution is 2.03. The summed E-state index contributed by atoms with van der Waals surface area (Å²) in [7, 11) is 0. The number of azide groups is 1. The van der Waals surface area contributed by atoms with Gasteiger partial charge in [-0.15, -0.1) is 0 Å². The maximum atomic E-state index is 8.04. The molecule has 0 unspecified atom stereocenters. The topological polar surface area (TPSA) is 61.7 Å². The van der Waals surface area contributed by atoms with Gasteiger partial charge in [-0.05, 0) is 36.6 Å². The second-order valence-electron chi connectivity index (χ2n) is 2.88. The quantitative estimate of drug-likeness (QED) is 0.310. The molecule has 4 nitrogen and oxygen atoms in total. The smallest absolute Gasteiger partial charge is 0.0378 e. The third-order valence-corrected chi connectivity index (χ3v) is 1.69. The predicted octanol–water partition coefficient (Wildman–Crippen LogP) is 3.10. The summed E-state index contributed by atoms with van der Waals surface area (Å²) in [5.41, 5.74) is 10.2. The van der Waals surface area contributed by atoms with Crippen LogP contribution in [0.1, 0.15) is 17.7 Å². The zero-order valence-electron chi connectivity index (χ0n) is 8.09. The van der Waals surface area contributed by atoms with E-state index >= 15 is 0 Å². The first-order valence-corrected chi connectivity index (χ1v) is 4.43. The number of rotatable bonds is 4. The molecule has 0 N–H and O–H groups in total. The van der Waals surface area contributed by atoms with E-state index < -0.39 is 0 Å². The molecule has 0 saturated heterocycles. The maximum Gasteiger partial charge on any atom is 0.0378 e. The predicted molar refractivity (Wildman–Crippen MR) is 56.6 cm³/mol. The first-order chi connectivity index (χ1) is 6.83. The molecule has 0 spiro atoms. The summed E-state index contributed by atoms with van der Waals surface area (Å²) in [5, 5.41) is 3.44. The maximum absolute atomic E-state index is 8.04. The van der Waals surface area contributed by atoms with Crippen molar-refractivity contribution in [1.82, 2.24) is 4.98 Å². The molecule has 1 rings (SSSR count). The standard InChI is InChI=1S/C10H12N4/c1-9-8-10(5-7-12-9)4-2-3-6-13-14-11/h2,4-5,7-8H,3,6H2,1H3. The molecule has 0 atom stereocenters. The van der Waals surface area contributed by atoms with Crippen LogP contribution in [0.2, 0.25) is 0 Å². The highest BCUT2D eigenvalue weighted by molar-refractivity contribution is 5.48. The molecular weight excluding hydrogens is 176 g/mol. The number of hydrogen-bond acceptors (Lipinski definition) is 2. The van der Waals surface area contributed by atoms with Crippen molar-refractivity contribution in [3.05, 3.63) is 46.1 Å². The summed E-state index contributed by atoms with van der Waals surface area (Å²) in [6.45, 7) is 2.47. The van der Waals surface area contributed by atoms with Crippen LogP contribution in [0, 0.1) is 6.92 Å².